The molecule has 0 radical (unpaired) electrons. The minimum absolute atomic E-state index is 0.0638. The van der Waals surface area contributed by atoms with Gasteiger partial charge in [0, 0.05) is 48.6 Å². The molecule has 4 unspecified atom stereocenters. The molecule has 9 rings (SSSR count). The molecule has 1 saturated carbocycles. The summed E-state index contributed by atoms with van der Waals surface area (Å²) >= 11 is 12.7. The molecule has 2 aliphatic heterocycles. The second kappa shape index (κ2) is 15.3. The fraction of sp³-hybridized carbons (Fsp3) is 0.273. The van der Waals surface area contributed by atoms with Crippen molar-refractivity contribution < 1.29 is 28.9 Å². The van der Waals surface area contributed by atoms with Crippen LogP contribution < -0.4 is 36.6 Å². The molecule has 4 atom stereocenters. The summed E-state index contributed by atoms with van der Waals surface area (Å²) in [5.74, 6) is -2.19. The van der Waals surface area contributed by atoms with E-state index < -0.39 is 52.0 Å². The van der Waals surface area contributed by atoms with Crippen molar-refractivity contribution in [2.75, 3.05) is 26.8 Å². The molecule has 3 aliphatic rings. The van der Waals surface area contributed by atoms with E-state index in [0.29, 0.717) is 50.0 Å². The molecule has 18 heteroatoms. The number of para-hydroxylation sites is 1. The number of methoxy groups -OCH3 is 3. The summed E-state index contributed by atoms with van der Waals surface area (Å²) < 4.78 is 21.4. The van der Waals surface area contributed by atoms with Gasteiger partial charge in [0.15, 0.2) is 11.5 Å². The van der Waals surface area contributed by atoms with Gasteiger partial charge in [-0.2, -0.15) is 5.01 Å². The van der Waals surface area contributed by atoms with Crippen molar-refractivity contribution in [1.29, 1.82) is 0 Å². The van der Waals surface area contributed by atoms with Gasteiger partial charge in [-0.25, -0.2) is 28.5 Å². The normalized spacial score (nSPS) is 20.4. The number of benzene rings is 4. The summed E-state index contributed by atoms with van der Waals surface area (Å²) in [6.45, 7) is -0.255. The number of amides is 2. The van der Waals surface area contributed by atoms with E-state index >= 15 is 4.79 Å². The second-order valence-electron chi connectivity index (χ2n) is 15.3. The third-order valence-corrected chi connectivity index (χ3v) is 12.9. The number of aromatic nitrogens is 5. The molecule has 0 bridgehead atoms. The SMILES string of the molecule is COc1ccc(C23C(=O)N(Nc4ccc(Cl)cc4Cl)C(=O)C2CC2C(=CCn4c(=O)n(CCc5nc6cc(OC)c(OC)cc6n(C)c5=O)c(=O)n42)C3c2ccccc2O)cc1. The molecular formula is C44H39Cl2N7O9. The van der Waals surface area contributed by atoms with Gasteiger partial charge in [-0.1, -0.05) is 59.6 Å². The van der Waals surface area contributed by atoms with E-state index in [-0.39, 0.29) is 48.1 Å². The third kappa shape index (κ3) is 6.02. The maximum Gasteiger partial charge on any atom is 0.347 e. The van der Waals surface area contributed by atoms with Gasteiger partial charge >= 0.3 is 11.4 Å². The van der Waals surface area contributed by atoms with Gasteiger partial charge in [-0.15, -0.1) is 0 Å². The summed E-state index contributed by atoms with van der Waals surface area (Å²) in [4.78, 5) is 77.4. The molecule has 2 amide bonds. The van der Waals surface area contributed by atoms with E-state index in [2.05, 4.69) is 10.4 Å². The highest BCUT2D eigenvalue weighted by atomic mass is 35.5. The van der Waals surface area contributed by atoms with E-state index in [0.717, 1.165) is 9.58 Å². The number of nitrogens with one attached hydrogen (secondary N) is 1. The number of carbonyl (C=O) groups is 2. The van der Waals surface area contributed by atoms with E-state index in [1.165, 1.54) is 47.4 Å². The van der Waals surface area contributed by atoms with Crippen molar-refractivity contribution >= 4 is 51.7 Å². The number of hydrogen-bond donors (Lipinski definition) is 2. The van der Waals surface area contributed by atoms with Crippen LogP contribution in [0, 0.1) is 5.92 Å². The summed E-state index contributed by atoms with van der Waals surface area (Å²) in [7, 11) is 6.09. The standard InChI is InChI=1S/C44H39Cl2N7O9/c1-49-34-22-37(62-4)36(61-3)21-32(34)47-31(40(49)56)16-17-50-42(58)51-18-15-26-33(53(51)43(50)59)20-28-39(55)52(48-30-14-11-24(45)19-29(30)46)41(57)44(28,23-9-12-25(60-2)13-10-23)38(26)27-7-5-6-8-35(27)54/h5-15,19,21-22,28,33,38,48,54H,16-18,20H2,1-4H3. The minimum atomic E-state index is -1.68. The van der Waals surface area contributed by atoms with E-state index in [4.69, 9.17) is 37.4 Å². The van der Waals surface area contributed by atoms with Gasteiger partial charge < -0.3 is 23.9 Å². The maximum atomic E-state index is 15.4. The van der Waals surface area contributed by atoms with Gasteiger partial charge in [0.1, 0.15) is 17.2 Å². The number of imide groups is 1. The average molecular weight is 881 g/mol. The summed E-state index contributed by atoms with van der Waals surface area (Å²) in [6.07, 6.45) is 1.65. The molecule has 2 aromatic heterocycles. The Morgan fingerprint density at radius 1 is 0.887 bits per heavy atom. The van der Waals surface area contributed by atoms with Crippen molar-refractivity contribution in [3.8, 4) is 23.0 Å². The largest absolute Gasteiger partial charge is 0.508 e. The highest BCUT2D eigenvalue weighted by molar-refractivity contribution is 6.36. The molecule has 2 fully saturated rings. The van der Waals surface area contributed by atoms with Gasteiger partial charge in [0.25, 0.3) is 17.4 Å². The zero-order valence-corrected chi connectivity index (χ0v) is 35.3. The first kappa shape index (κ1) is 40.6. The van der Waals surface area contributed by atoms with Crippen molar-refractivity contribution in [3.63, 3.8) is 0 Å². The van der Waals surface area contributed by atoms with Crippen LogP contribution >= 0.6 is 23.2 Å². The highest BCUT2D eigenvalue weighted by Crippen LogP contribution is 2.63. The number of allylic oxidation sites excluding steroid dienone is 2. The summed E-state index contributed by atoms with van der Waals surface area (Å²) in [6, 6.07) is 20.4. The number of fused-ring (bicyclic) bond motifs is 5. The van der Waals surface area contributed by atoms with Crippen molar-refractivity contribution in [2.24, 2.45) is 13.0 Å². The van der Waals surface area contributed by atoms with Crippen LogP contribution in [0.1, 0.15) is 35.2 Å². The number of aromatic hydroxyl groups is 1. The van der Waals surface area contributed by atoms with Crippen LogP contribution in [-0.4, -0.2) is 66.7 Å². The van der Waals surface area contributed by atoms with Crippen molar-refractivity contribution in [3.05, 3.63) is 149 Å². The number of halogens is 2. The second-order valence-corrected chi connectivity index (χ2v) is 16.2. The number of carbonyl (C=O) groups excluding carboxylic acids is 2. The van der Waals surface area contributed by atoms with Crippen LogP contribution in [0.25, 0.3) is 11.0 Å². The van der Waals surface area contributed by atoms with Crippen molar-refractivity contribution in [2.45, 2.75) is 43.3 Å². The number of ether oxygens (including phenoxy) is 3. The third-order valence-electron chi connectivity index (χ3n) is 12.4. The van der Waals surface area contributed by atoms with E-state index in [9.17, 15) is 24.3 Å². The van der Waals surface area contributed by atoms with Crippen LogP contribution in [0.15, 0.2) is 105 Å². The Hall–Kier alpha value is -6.78. The number of hydrogen-bond acceptors (Lipinski definition) is 11. The lowest BCUT2D eigenvalue weighted by Crippen LogP contribution is -2.53. The maximum absolute atomic E-state index is 15.4. The number of rotatable bonds is 10. The smallest absolute Gasteiger partial charge is 0.347 e. The summed E-state index contributed by atoms with van der Waals surface area (Å²) in [5, 5.41) is 13.0. The van der Waals surface area contributed by atoms with Gasteiger partial charge in [-0.05, 0) is 54.0 Å². The molecule has 6 aromatic rings. The molecule has 4 aromatic carbocycles. The Morgan fingerprint density at radius 2 is 1.61 bits per heavy atom. The van der Waals surface area contributed by atoms with Crippen LogP contribution in [0.2, 0.25) is 10.0 Å². The van der Waals surface area contributed by atoms with Gasteiger partial charge in [-0.3, -0.25) is 19.8 Å². The molecule has 0 spiro atoms. The number of hydrazine groups is 1. The average Bonchev–Trinajstić information content (AvgIpc) is 3.64. The van der Waals surface area contributed by atoms with E-state index in [1.807, 2.05) is 0 Å². The molecule has 2 N–H and O–H groups in total. The first-order valence-electron chi connectivity index (χ1n) is 19.6. The molecule has 16 nitrogen and oxygen atoms in total. The molecule has 1 aliphatic carbocycles. The quantitative estimate of drug-likeness (QED) is 0.140. The molecule has 62 heavy (non-hydrogen) atoms. The lowest BCUT2D eigenvalue weighted by molar-refractivity contribution is -0.138. The fourth-order valence-electron chi connectivity index (χ4n) is 9.51. The lowest BCUT2D eigenvalue weighted by atomic mass is 9.53. The highest BCUT2D eigenvalue weighted by Gasteiger charge is 2.69. The zero-order chi connectivity index (χ0) is 43.8. The Kier molecular flexibility index (Phi) is 10.0. The van der Waals surface area contributed by atoms with Crippen molar-refractivity contribution in [1.82, 2.24) is 28.5 Å². The van der Waals surface area contributed by atoms with Crippen LogP contribution in [0.5, 0.6) is 23.0 Å². The Morgan fingerprint density at radius 3 is 2.31 bits per heavy atom. The number of phenolic OH excluding ortho intramolecular Hbond substituents is 1. The van der Waals surface area contributed by atoms with Crippen LogP contribution in [0.3, 0.4) is 0 Å². The molecule has 318 valence electrons. The number of nitrogens with zero attached hydrogens (tertiary/aromatic N) is 6. The summed E-state index contributed by atoms with van der Waals surface area (Å²) in [5.41, 5.74) is 2.22. The molecule has 1 saturated heterocycles. The zero-order valence-electron chi connectivity index (χ0n) is 33.8. The molecule has 4 heterocycles. The predicted molar refractivity (Wildman–Crippen MR) is 229 cm³/mol. The fourth-order valence-corrected chi connectivity index (χ4v) is 9.96. The van der Waals surface area contributed by atoms with Gasteiger partial charge in [0.2, 0.25) is 0 Å². The first-order valence-corrected chi connectivity index (χ1v) is 20.4. The predicted octanol–water partition coefficient (Wildman–Crippen LogP) is 4.96. The Bertz CT molecular complexity index is 3060. The molecular weight excluding hydrogens is 841 g/mol. The number of anilines is 1. The Labute approximate surface area is 362 Å². The van der Waals surface area contributed by atoms with Crippen LogP contribution in [0.4, 0.5) is 5.69 Å². The van der Waals surface area contributed by atoms with Gasteiger partial charge in [0.05, 0.1) is 67.0 Å². The van der Waals surface area contributed by atoms with E-state index in [1.54, 1.807) is 79.9 Å². The number of aryl methyl sites for hydroxylation is 2. The lowest BCUT2D eigenvalue weighted by Gasteiger charge is -2.49. The minimum Gasteiger partial charge on any atom is -0.508 e. The van der Waals surface area contributed by atoms with Crippen LogP contribution in [-0.2, 0) is 41.6 Å². The first-order chi connectivity index (χ1) is 29.8. The Balaban J connectivity index is 1.17. The number of phenols is 1. The monoisotopic (exact) mass is 879 g/mol. The topological polar surface area (TPSA) is 181 Å².